The maximum Gasteiger partial charge on any atom is 0.278 e. The van der Waals surface area contributed by atoms with Crippen LogP contribution in [-0.4, -0.2) is 26.8 Å². The minimum Gasteiger partial charge on any atom is -0.295 e. The van der Waals surface area contributed by atoms with E-state index in [2.05, 4.69) is 15.6 Å². The number of rotatable bonds is 1. The number of hydrogen-bond donors (Lipinski definition) is 1. The number of benzene rings is 1. The molecule has 2 aromatic rings. The molecule has 120 valence electrons. The van der Waals surface area contributed by atoms with Gasteiger partial charge in [-0.15, -0.1) is 5.10 Å². The number of nitrogens with zero attached hydrogens (tertiary/aromatic N) is 3. The second-order valence-electron chi connectivity index (χ2n) is 6.76. The minimum absolute atomic E-state index is 0.179. The summed E-state index contributed by atoms with van der Waals surface area (Å²) in [6.45, 7) is 6.11. The fraction of sp³-hybridized carbons (Fsp3) is 0.438. The Labute approximate surface area is 132 Å². The SMILES string of the molecule is CC(C)(C)c1cccc2c(=O)n(C3CCC(=O)NC3=O)nnc12. The molecular formula is C16H18N4O3. The van der Waals surface area contributed by atoms with Gasteiger partial charge in [-0.2, -0.15) is 4.68 Å². The van der Waals surface area contributed by atoms with Crippen LogP contribution in [0.3, 0.4) is 0 Å². The van der Waals surface area contributed by atoms with Gasteiger partial charge in [0.2, 0.25) is 5.91 Å². The van der Waals surface area contributed by atoms with Crippen molar-refractivity contribution < 1.29 is 9.59 Å². The molecule has 1 fully saturated rings. The zero-order chi connectivity index (χ0) is 16.8. The van der Waals surface area contributed by atoms with Crippen LogP contribution >= 0.6 is 0 Å². The molecule has 23 heavy (non-hydrogen) atoms. The van der Waals surface area contributed by atoms with Crippen molar-refractivity contribution in [2.75, 3.05) is 0 Å². The summed E-state index contributed by atoms with van der Waals surface area (Å²) in [7, 11) is 0. The van der Waals surface area contributed by atoms with Gasteiger partial charge in [-0.05, 0) is 23.5 Å². The van der Waals surface area contributed by atoms with Crippen LogP contribution in [0.25, 0.3) is 10.9 Å². The highest BCUT2D eigenvalue weighted by atomic mass is 16.2. The lowest BCUT2D eigenvalue weighted by atomic mass is 9.86. The summed E-state index contributed by atoms with van der Waals surface area (Å²) in [5.41, 5.74) is 0.931. The average molecular weight is 314 g/mol. The largest absolute Gasteiger partial charge is 0.295 e. The first-order valence-electron chi connectivity index (χ1n) is 7.51. The lowest BCUT2D eigenvalue weighted by Gasteiger charge is -2.23. The topological polar surface area (TPSA) is 94.0 Å². The number of imide groups is 1. The minimum atomic E-state index is -0.796. The Hall–Kier alpha value is -2.57. The van der Waals surface area contributed by atoms with Crippen LogP contribution in [0.15, 0.2) is 23.0 Å². The summed E-state index contributed by atoms with van der Waals surface area (Å²) in [6.07, 6.45) is 0.439. The van der Waals surface area contributed by atoms with Crippen molar-refractivity contribution in [1.29, 1.82) is 0 Å². The van der Waals surface area contributed by atoms with E-state index in [0.717, 1.165) is 10.2 Å². The maximum atomic E-state index is 12.7. The Morgan fingerprint density at radius 3 is 2.61 bits per heavy atom. The predicted molar refractivity (Wildman–Crippen MR) is 83.9 cm³/mol. The molecule has 3 rings (SSSR count). The van der Waals surface area contributed by atoms with E-state index in [1.807, 2.05) is 26.8 Å². The van der Waals surface area contributed by atoms with E-state index in [-0.39, 0.29) is 29.7 Å². The fourth-order valence-corrected chi connectivity index (χ4v) is 2.81. The Morgan fingerprint density at radius 1 is 1.22 bits per heavy atom. The van der Waals surface area contributed by atoms with Gasteiger partial charge in [-0.1, -0.05) is 38.1 Å². The van der Waals surface area contributed by atoms with Crippen LogP contribution in [-0.2, 0) is 15.0 Å². The lowest BCUT2D eigenvalue weighted by Crippen LogP contribution is -2.45. The summed E-state index contributed by atoms with van der Waals surface area (Å²) in [6, 6.07) is 4.62. The summed E-state index contributed by atoms with van der Waals surface area (Å²) >= 11 is 0. The first kappa shape index (κ1) is 15.3. The number of amides is 2. The molecule has 1 aromatic heterocycles. The van der Waals surface area contributed by atoms with Crippen LogP contribution in [0.4, 0.5) is 0 Å². The smallest absolute Gasteiger partial charge is 0.278 e. The van der Waals surface area contributed by atoms with Crippen LogP contribution in [0, 0.1) is 0 Å². The van der Waals surface area contributed by atoms with E-state index in [0.29, 0.717) is 10.9 Å². The quantitative estimate of drug-likeness (QED) is 0.795. The van der Waals surface area contributed by atoms with E-state index in [1.165, 1.54) is 0 Å². The molecule has 1 atom stereocenters. The molecule has 2 amide bonds. The third kappa shape index (κ3) is 2.62. The summed E-state index contributed by atoms with van der Waals surface area (Å²) in [5.74, 6) is -0.841. The molecule has 1 aromatic carbocycles. The molecule has 0 bridgehead atoms. The monoisotopic (exact) mass is 314 g/mol. The van der Waals surface area contributed by atoms with Gasteiger partial charge >= 0.3 is 0 Å². The van der Waals surface area contributed by atoms with E-state index in [1.54, 1.807) is 12.1 Å². The van der Waals surface area contributed by atoms with E-state index >= 15 is 0 Å². The highest BCUT2D eigenvalue weighted by Crippen LogP contribution is 2.27. The van der Waals surface area contributed by atoms with Crippen molar-refractivity contribution >= 4 is 22.7 Å². The highest BCUT2D eigenvalue weighted by molar-refractivity contribution is 5.99. The van der Waals surface area contributed by atoms with Crippen LogP contribution < -0.4 is 10.9 Å². The van der Waals surface area contributed by atoms with E-state index < -0.39 is 11.9 Å². The van der Waals surface area contributed by atoms with Gasteiger partial charge in [-0.25, -0.2) is 0 Å². The van der Waals surface area contributed by atoms with Gasteiger partial charge in [0.1, 0.15) is 11.6 Å². The van der Waals surface area contributed by atoms with Crippen LogP contribution in [0.1, 0.15) is 45.2 Å². The van der Waals surface area contributed by atoms with Crippen LogP contribution in [0.2, 0.25) is 0 Å². The summed E-state index contributed by atoms with van der Waals surface area (Å²) in [4.78, 5) is 35.9. The number of hydrogen-bond acceptors (Lipinski definition) is 5. The summed E-state index contributed by atoms with van der Waals surface area (Å²) < 4.78 is 1.08. The third-order valence-electron chi connectivity index (χ3n) is 4.03. The molecule has 1 saturated heterocycles. The zero-order valence-electron chi connectivity index (χ0n) is 13.3. The molecule has 7 heteroatoms. The Balaban J connectivity index is 2.16. The normalized spacial score (nSPS) is 19.0. The molecule has 0 aliphatic carbocycles. The number of nitrogens with one attached hydrogen (secondary N) is 1. The first-order valence-corrected chi connectivity index (χ1v) is 7.51. The molecule has 7 nitrogen and oxygen atoms in total. The van der Waals surface area contributed by atoms with Gasteiger partial charge in [0.05, 0.1) is 5.39 Å². The molecule has 1 aliphatic rings. The number of aromatic nitrogens is 3. The summed E-state index contributed by atoms with van der Waals surface area (Å²) in [5, 5.41) is 10.8. The Bertz CT molecular complexity index is 864. The number of fused-ring (bicyclic) bond motifs is 1. The molecular weight excluding hydrogens is 296 g/mol. The molecule has 0 radical (unpaired) electrons. The second kappa shape index (κ2) is 5.26. The van der Waals surface area contributed by atoms with Crippen molar-refractivity contribution in [1.82, 2.24) is 20.3 Å². The van der Waals surface area contributed by atoms with E-state index in [4.69, 9.17) is 0 Å². The molecule has 1 N–H and O–H groups in total. The van der Waals surface area contributed by atoms with Gasteiger partial charge in [-0.3, -0.25) is 19.7 Å². The van der Waals surface area contributed by atoms with Gasteiger partial charge < -0.3 is 0 Å². The molecule has 2 heterocycles. The number of piperidine rings is 1. The maximum absolute atomic E-state index is 12.7. The Kier molecular flexibility index (Phi) is 3.50. The zero-order valence-corrected chi connectivity index (χ0v) is 13.3. The predicted octanol–water partition coefficient (Wildman–Crippen LogP) is 1.07. The van der Waals surface area contributed by atoms with Crippen molar-refractivity contribution in [3.63, 3.8) is 0 Å². The molecule has 0 saturated carbocycles. The van der Waals surface area contributed by atoms with Gasteiger partial charge in [0.25, 0.3) is 11.5 Å². The Morgan fingerprint density at radius 2 is 1.96 bits per heavy atom. The van der Waals surface area contributed by atoms with Gasteiger partial charge in [0.15, 0.2) is 0 Å². The van der Waals surface area contributed by atoms with Crippen molar-refractivity contribution in [3.8, 4) is 0 Å². The molecule has 0 spiro atoms. The number of carbonyl (C=O) groups excluding carboxylic acids is 2. The van der Waals surface area contributed by atoms with Crippen molar-refractivity contribution in [3.05, 3.63) is 34.1 Å². The number of carbonyl (C=O) groups is 2. The lowest BCUT2D eigenvalue weighted by molar-refractivity contribution is -0.136. The standard InChI is InChI=1S/C16H18N4O3/c1-16(2,3)10-6-4-5-9-13(10)18-19-20(15(9)23)11-7-8-12(21)17-14(11)22/h4-6,11H,7-8H2,1-3H3,(H,17,21,22). The molecule has 1 unspecified atom stereocenters. The van der Waals surface area contributed by atoms with E-state index in [9.17, 15) is 14.4 Å². The van der Waals surface area contributed by atoms with Gasteiger partial charge in [0, 0.05) is 6.42 Å². The third-order valence-corrected chi connectivity index (χ3v) is 4.03. The van der Waals surface area contributed by atoms with Crippen molar-refractivity contribution in [2.45, 2.75) is 45.1 Å². The highest BCUT2D eigenvalue weighted by Gasteiger charge is 2.30. The second-order valence-corrected chi connectivity index (χ2v) is 6.76. The van der Waals surface area contributed by atoms with Crippen molar-refractivity contribution in [2.24, 2.45) is 0 Å². The average Bonchev–Trinajstić information content (AvgIpc) is 2.47. The molecule has 1 aliphatic heterocycles. The van der Waals surface area contributed by atoms with Crippen LogP contribution in [0.5, 0.6) is 0 Å². The fourth-order valence-electron chi connectivity index (χ4n) is 2.81. The first-order chi connectivity index (χ1) is 10.8.